The van der Waals surface area contributed by atoms with Crippen molar-refractivity contribution in [2.75, 3.05) is 13.6 Å². The normalized spacial score (nSPS) is 11.9. The average Bonchev–Trinajstić information content (AvgIpc) is 2.15. The number of rotatable bonds is 4. The Balaban J connectivity index is 2.66. The molecule has 0 saturated heterocycles. The second-order valence-corrected chi connectivity index (χ2v) is 4.42. The minimum absolute atomic E-state index is 0.499. The van der Waals surface area contributed by atoms with E-state index in [-0.39, 0.29) is 0 Å². The van der Waals surface area contributed by atoms with Crippen LogP contribution in [0.3, 0.4) is 0 Å². The van der Waals surface area contributed by atoms with Crippen LogP contribution in [0.4, 0.5) is 13.2 Å². The number of alkyl halides is 3. The molecule has 1 nitrogen and oxygen atoms in total. The van der Waals surface area contributed by atoms with Crippen molar-refractivity contribution in [2.24, 2.45) is 0 Å². The molecule has 0 aliphatic rings. The standard InChI is InChI=1S/C12H13ClF3N/c1-9(13)7-17(2)8-10-3-5-11(6-4-10)12(14,15)16/h3-6H,1,7-8H2,2H3. The van der Waals surface area contributed by atoms with E-state index in [9.17, 15) is 13.2 Å². The quantitative estimate of drug-likeness (QED) is 0.797. The van der Waals surface area contributed by atoms with E-state index in [1.54, 1.807) is 0 Å². The van der Waals surface area contributed by atoms with Crippen LogP contribution in [0.1, 0.15) is 11.1 Å². The fourth-order valence-corrected chi connectivity index (χ4v) is 1.66. The fourth-order valence-electron chi connectivity index (χ4n) is 1.46. The van der Waals surface area contributed by atoms with Gasteiger partial charge in [-0.3, -0.25) is 4.90 Å². The van der Waals surface area contributed by atoms with Gasteiger partial charge in [0.05, 0.1) is 5.56 Å². The van der Waals surface area contributed by atoms with Gasteiger partial charge in [0, 0.05) is 18.1 Å². The smallest absolute Gasteiger partial charge is 0.297 e. The van der Waals surface area contributed by atoms with Crippen LogP contribution in [0.25, 0.3) is 0 Å². The summed E-state index contributed by atoms with van der Waals surface area (Å²) in [5.41, 5.74) is 0.170. The molecular formula is C12H13ClF3N. The lowest BCUT2D eigenvalue weighted by Crippen LogP contribution is -2.19. The maximum atomic E-state index is 12.3. The number of nitrogens with zero attached hydrogens (tertiary/aromatic N) is 1. The summed E-state index contributed by atoms with van der Waals surface area (Å²) in [6.45, 7) is 4.59. The molecule has 94 valence electrons. The lowest BCUT2D eigenvalue weighted by molar-refractivity contribution is -0.137. The van der Waals surface area contributed by atoms with Gasteiger partial charge in [-0.25, -0.2) is 0 Å². The summed E-state index contributed by atoms with van der Waals surface area (Å²) in [6.07, 6.45) is -4.28. The second-order valence-electron chi connectivity index (χ2n) is 3.88. The van der Waals surface area contributed by atoms with E-state index in [0.29, 0.717) is 18.1 Å². The predicted octanol–water partition coefficient (Wildman–Crippen LogP) is 3.89. The van der Waals surface area contributed by atoms with Gasteiger partial charge in [0.2, 0.25) is 0 Å². The zero-order valence-corrected chi connectivity index (χ0v) is 10.1. The van der Waals surface area contributed by atoms with E-state index in [0.717, 1.165) is 17.7 Å². The van der Waals surface area contributed by atoms with E-state index >= 15 is 0 Å². The third-order valence-electron chi connectivity index (χ3n) is 2.18. The zero-order valence-electron chi connectivity index (χ0n) is 9.39. The lowest BCUT2D eigenvalue weighted by atomic mass is 10.1. The molecule has 1 aromatic carbocycles. The van der Waals surface area contributed by atoms with Gasteiger partial charge in [-0.2, -0.15) is 13.2 Å². The highest BCUT2D eigenvalue weighted by Gasteiger charge is 2.29. The number of benzene rings is 1. The maximum absolute atomic E-state index is 12.3. The Morgan fingerprint density at radius 1 is 1.29 bits per heavy atom. The average molecular weight is 264 g/mol. The Kier molecular flexibility index (Phi) is 4.60. The summed E-state index contributed by atoms with van der Waals surface area (Å²) < 4.78 is 36.9. The van der Waals surface area contributed by atoms with Gasteiger partial charge in [-0.1, -0.05) is 30.3 Å². The molecule has 0 spiro atoms. The molecule has 1 rings (SSSR count). The third kappa shape index (κ3) is 4.79. The minimum atomic E-state index is -4.28. The summed E-state index contributed by atoms with van der Waals surface area (Å²) in [5.74, 6) is 0. The molecule has 0 aliphatic heterocycles. The SMILES string of the molecule is C=C(Cl)CN(C)Cc1ccc(C(F)(F)F)cc1. The molecule has 0 atom stereocenters. The van der Waals surface area contributed by atoms with Crippen LogP contribution < -0.4 is 0 Å². The molecule has 0 heterocycles. The zero-order chi connectivity index (χ0) is 13.1. The number of hydrogen-bond acceptors (Lipinski definition) is 1. The molecule has 1 aromatic rings. The van der Waals surface area contributed by atoms with Crippen LogP contribution in [0.2, 0.25) is 0 Å². The molecule has 0 aliphatic carbocycles. The monoisotopic (exact) mass is 263 g/mol. The molecule has 0 saturated carbocycles. The van der Waals surface area contributed by atoms with Crippen LogP contribution in [-0.2, 0) is 12.7 Å². The van der Waals surface area contributed by atoms with Gasteiger partial charge in [-0.05, 0) is 24.7 Å². The summed E-state index contributed by atoms with van der Waals surface area (Å²) in [4.78, 5) is 1.87. The second kappa shape index (κ2) is 5.56. The van der Waals surface area contributed by atoms with Gasteiger partial charge >= 0.3 is 6.18 Å². The van der Waals surface area contributed by atoms with E-state index in [1.807, 2.05) is 11.9 Å². The first-order valence-corrected chi connectivity index (χ1v) is 5.35. The molecule has 17 heavy (non-hydrogen) atoms. The summed E-state index contributed by atoms with van der Waals surface area (Å²) in [6, 6.07) is 5.10. The van der Waals surface area contributed by atoms with Crippen LogP contribution in [0.15, 0.2) is 35.9 Å². The Morgan fingerprint density at radius 3 is 2.24 bits per heavy atom. The first kappa shape index (κ1) is 14.1. The molecule has 0 radical (unpaired) electrons. The van der Waals surface area contributed by atoms with Crippen molar-refractivity contribution < 1.29 is 13.2 Å². The van der Waals surface area contributed by atoms with Crippen molar-refractivity contribution in [2.45, 2.75) is 12.7 Å². The van der Waals surface area contributed by atoms with E-state index in [2.05, 4.69) is 6.58 Å². The Morgan fingerprint density at radius 2 is 1.82 bits per heavy atom. The Hall–Kier alpha value is -1.00. The molecule has 5 heteroatoms. The Bertz CT molecular complexity index is 384. The van der Waals surface area contributed by atoms with Gasteiger partial charge in [0.1, 0.15) is 0 Å². The van der Waals surface area contributed by atoms with Crippen LogP contribution in [-0.4, -0.2) is 18.5 Å². The van der Waals surface area contributed by atoms with E-state index < -0.39 is 11.7 Å². The lowest BCUT2D eigenvalue weighted by Gasteiger charge is -2.16. The summed E-state index contributed by atoms with van der Waals surface area (Å²) in [7, 11) is 1.82. The molecule has 0 unspecified atom stereocenters. The van der Waals surface area contributed by atoms with Crippen molar-refractivity contribution in [1.29, 1.82) is 0 Å². The molecule has 0 bridgehead atoms. The van der Waals surface area contributed by atoms with Gasteiger partial charge in [0.25, 0.3) is 0 Å². The van der Waals surface area contributed by atoms with E-state index in [1.165, 1.54) is 12.1 Å². The molecule has 0 amide bonds. The highest BCUT2D eigenvalue weighted by molar-refractivity contribution is 6.29. The Labute approximate surface area is 103 Å². The third-order valence-corrected chi connectivity index (χ3v) is 2.29. The van der Waals surface area contributed by atoms with Crippen molar-refractivity contribution in [1.82, 2.24) is 4.90 Å². The van der Waals surface area contributed by atoms with Crippen LogP contribution >= 0.6 is 11.6 Å². The minimum Gasteiger partial charge on any atom is -0.297 e. The van der Waals surface area contributed by atoms with Crippen molar-refractivity contribution in [3.8, 4) is 0 Å². The molecule has 0 fully saturated rings. The van der Waals surface area contributed by atoms with Crippen molar-refractivity contribution in [3.63, 3.8) is 0 Å². The fraction of sp³-hybridized carbons (Fsp3) is 0.333. The van der Waals surface area contributed by atoms with E-state index in [4.69, 9.17) is 11.6 Å². The number of likely N-dealkylation sites (N-methyl/N-ethyl adjacent to an activating group) is 1. The summed E-state index contributed by atoms with van der Waals surface area (Å²) in [5, 5.41) is 0.499. The van der Waals surface area contributed by atoms with Crippen molar-refractivity contribution in [3.05, 3.63) is 47.0 Å². The highest BCUT2D eigenvalue weighted by Crippen LogP contribution is 2.29. The molecule has 0 aromatic heterocycles. The largest absolute Gasteiger partial charge is 0.416 e. The van der Waals surface area contributed by atoms with Crippen LogP contribution in [0.5, 0.6) is 0 Å². The van der Waals surface area contributed by atoms with Gasteiger partial charge in [0.15, 0.2) is 0 Å². The number of hydrogen-bond donors (Lipinski definition) is 0. The van der Waals surface area contributed by atoms with Gasteiger partial charge < -0.3 is 0 Å². The molecular weight excluding hydrogens is 251 g/mol. The van der Waals surface area contributed by atoms with Gasteiger partial charge in [-0.15, -0.1) is 0 Å². The maximum Gasteiger partial charge on any atom is 0.416 e. The first-order chi connectivity index (χ1) is 7.79. The molecule has 0 N–H and O–H groups in total. The van der Waals surface area contributed by atoms with Crippen molar-refractivity contribution >= 4 is 11.6 Å². The topological polar surface area (TPSA) is 3.24 Å². The predicted molar refractivity (Wildman–Crippen MR) is 62.8 cm³/mol. The van der Waals surface area contributed by atoms with Crippen LogP contribution in [0, 0.1) is 0 Å². The first-order valence-electron chi connectivity index (χ1n) is 4.97. The summed E-state index contributed by atoms with van der Waals surface area (Å²) >= 11 is 5.64. The number of halogens is 4. The highest BCUT2D eigenvalue weighted by atomic mass is 35.5.